The average molecular weight is 678 g/mol. The minimum Gasteiger partial charge on any atom is -0.466 e. The summed E-state index contributed by atoms with van der Waals surface area (Å²) in [6.07, 6.45) is 22.0. The maximum Gasteiger partial charge on any atom is 0.389 e. The first-order valence-electron chi connectivity index (χ1n) is 19.9. The third-order valence-corrected chi connectivity index (χ3v) is 8.96. The summed E-state index contributed by atoms with van der Waals surface area (Å²) < 4.78 is 49.4. The summed E-state index contributed by atoms with van der Waals surface area (Å²) in [5.41, 5.74) is 0. The number of unbranched alkanes of at least 4 members (excludes halogenated alkanes) is 17. The van der Waals surface area contributed by atoms with E-state index < -0.39 is 12.6 Å². The molecule has 0 saturated carbocycles. The largest absolute Gasteiger partial charge is 0.466 e. The van der Waals surface area contributed by atoms with Crippen LogP contribution in [0.3, 0.4) is 0 Å². The van der Waals surface area contributed by atoms with Crippen molar-refractivity contribution in [2.75, 3.05) is 26.2 Å². The molecular weight excluding hydrogens is 603 g/mol. The van der Waals surface area contributed by atoms with Crippen LogP contribution in [-0.2, 0) is 19.1 Å². The Labute approximate surface area is 287 Å². The summed E-state index contributed by atoms with van der Waals surface area (Å²) in [6, 6.07) is 0. The van der Waals surface area contributed by atoms with Crippen LogP contribution in [-0.4, -0.2) is 55.4 Å². The highest BCUT2D eigenvalue weighted by Crippen LogP contribution is 2.22. The van der Waals surface area contributed by atoms with Crippen LogP contribution in [0.4, 0.5) is 13.2 Å². The molecule has 47 heavy (non-hydrogen) atoms. The Balaban J connectivity index is 4.23. The smallest absolute Gasteiger partial charge is 0.389 e. The van der Waals surface area contributed by atoms with Gasteiger partial charge in [-0.15, -0.1) is 0 Å². The van der Waals surface area contributed by atoms with Crippen molar-refractivity contribution in [2.24, 2.45) is 0 Å². The summed E-state index contributed by atoms with van der Waals surface area (Å²) in [5, 5.41) is 0. The van der Waals surface area contributed by atoms with Crippen LogP contribution >= 0.6 is 0 Å². The molecule has 0 rings (SSSR count). The van der Waals surface area contributed by atoms with E-state index >= 15 is 0 Å². The molecule has 280 valence electrons. The summed E-state index contributed by atoms with van der Waals surface area (Å²) in [7, 11) is 0. The Hall–Kier alpha value is -1.31. The lowest BCUT2D eigenvalue weighted by atomic mass is 10.0. The van der Waals surface area contributed by atoms with Crippen molar-refractivity contribution in [2.45, 2.75) is 213 Å². The molecule has 1 unspecified atom stereocenters. The fraction of sp³-hybridized carbons (Fsp3) is 0.949. The normalized spacial score (nSPS) is 12.5. The number of hydrogen-bond acceptors (Lipinski definition) is 5. The van der Waals surface area contributed by atoms with Crippen LogP contribution < -0.4 is 0 Å². The lowest BCUT2D eigenvalue weighted by Crippen LogP contribution is -2.28. The van der Waals surface area contributed by atoms with Crippen LogP contribution in [0.5, 0.6) is 0 Å². The number of rotatable bonds is 35. The van der Waals surface area contributed by atoms with Gasteiger partial charge in [-0.2, -0.15) is 13.2 Å². The van der Waals surface area contributed by atoms with E-state index in [1.54, 1.807) is 0 Å². The quantitative estimate of drug-likeness (QED) is 0.0493. The maximum atomic E-state index is 12.7. The molecule has 0 fully saturated rings. The van der Waals surface area contributed by atoms with Crippen molar-refractivity contribution in [3.8, 4) is 0 Å². The molecule has 1 atom stereocenters. The molecule has 0 N–H and O–H groups in total. The molecule has 0 aromatic heterocycles. The van der Waals surface area contributed by atoms with Gasteiger partial charge in [0.2, 0.25) is 0 Å². The minimum absolute atomic E-state index is 0.0581. The summed E-state index contributed by atoms with van der Waals surface area (Å²) in [4.78, 5) is 26.5. The molecule has 0 aliphatic rings. The Morgan fingerprint density at radius 2 is 0.957 bits per heavy atom. The van der Waals surface area contributed by atoms with Gasteiger partial charge in [-0.05, 0) is 83.8 Å². The zero-order valence-electron chi connectivity index (χ0n) is 30.9. The number of halogens is 3. The zero-order chi connectivity index (χ0) is 34.9. The highest BCUT2D eigenvalue weighted by atomic mass is 19.4. The van der Waals surface area contributed by atoms with Gasteiger partial charge in [0.05, 0.1) is 6.61 Å². The number of alkyl halides is 3. The molecule has 5 nitrogen and oxygen atoms in total. The first-order chi connectivity index (χ1) is 22.7. The van der Waals surface area contributed by atoms with Crippen LogP contribution in [0.25, 0.3) is 0 Å². The van der Waals surface area contributed by atoms with Gasteiger partial charge in [0.1, 0.15) is 6.10 Å². The van der Waals surface area contributed by atoms with Gasteiger partial charge in [-0.3, -0.25) is 9.59 Å². The van der Waals surface area contributed by atoms with Crippen molar-refractivity contribution in [3.63, 3.8) is 0 Å². The van der Waals surface area contributed by atoms with Crippen LogP contribution in [0, 0.1) is 0 Å². The second-order valence-electron chi connectivity index (χ2n) is 13.7. The van der Waals surface area contributed by atoms with Crippen molar-refractivity contribution in [3.05, 3.63) is 0 Å². The van der Waals surface area contributed by atoms with Gasteiger partial charge < -0.3 is 14.4 Å². The molecule has 0 radical (unpaired) electrons. The lowest BCUT2D eigenvalue weighted by Gasteiger charge is -2.22. The van der Waals surface area contributed by atoms with Crippen LogP contribution in [0.1, 0.15) is 201 Å². The Morgan fingerprint density at radius 1 is 0.532 bits per heavy atom. The Morgan fingerprint density at radius 3 is 1.51 bits per heavy atom. The van der Waals surface area contributed by atoms with E-state index in [1.165, 1.54) is 44.9 Å². The Bertz CT molecular complexity index is 704. The SMILES string of the molecule is CCCCCCCC(CCCCCC)OC(=O)CCCCCCCN(CCCCCCCC(=O)OCCCCC)CCCC(F)(F)F. The van der Waals surface area contributed by atoms with E-state index in [2.05, 4.69) is 25.7 Å². The van der Waals surface area contributed by atoms with Crippen molar-refractivity contribution < 1.29 is 32.2 Å². The van der Waals surface area contributed by atoms with Crippen molar-refractivity contribution >= 4 is 11.9 Å². The van der Waals surface area contributed by atoms with Crippen LogP contribution in [0.2, 0.25) is 0 Å². The molecular formula is C39H74F3NO4. The van der Waals surface area contributed by atoms with E-state index in [1.807, 2.05) is 0 Å². The highest BCUT2D eigenvalue weighted by molar-refractivity contribution is 5.69. The second-order valence-corrected chi connectivity index (χ2v) is 13.7. The third-order valence-electron chi connectivity index (χ3n) is 8.96. The summed E-state index contributed by atoms with van der Waals surface area (Å²) >= 11 is 0. The molecule has 0 saturated heterocycles. The molecule has 0 aliphatic heterocycles. The number of esters is 2. The summed E-state index contributed by atoms with van der Waals surface area (Å²) in [6.45, 7) is 9.20. The van der Waals surface area contributed by atoms with Gasteiger partial charge >= 0.3 is 18.1 Å². The number of hydrogen-bond donors (Lipinski definition) is 0. The number of carbonyl (C=O) groups is 2. The predicted molar refractivity (Wildman–Crippen MR) is 190 cm³/mol. The van der Waals surface area contributed by atoms with Gasteiger partial charge in [-0.25, -0.2) is 0 Å². The van der Waals surface area contributed by atoms with E-state index in [-0.39, 0.29) is 24.5 Å². The van der Waals surface area contributed by atoms with Gasteiger partial charge in [0.15, 0.2) is 0 Å². The first kappa shape index (κ1) is 45.7. The number of ether oxygens (including phenoxy) is 2. The third kappa shape index (κ3) is 34.4. The van der Waals surface area contributed by atoms with Gasteiger partial charge in [0, 0.05) is 19.3 Å². The molecule has 0 aliphatic carbocycles. The van der Waals surface area contributed by atoms with Crippen molar-refractivity contribution in [1.82, 2.24) is 4.90 Å². The molecule has 0 heterocycles. The predicted octanol–water partition coefficient (Wildman–Crippen LogP) is 12.3. The van der Waals surface area contributed by atoms with E-state index in [9.17, 15) is 22.8 Å². The molecule has 0 aromatic rings. The standard InChI is InChI=1S/C39H74F3NO4/c1-4-7-10-14-20-28-36(27-19-11-8-5-2)47-38(45)30-22-16-13-18-24-33-43(34-26-31-39(40,41)42)32-23-17-12-15-21-29-37(44)46-35-25-9-6-3/h36H,4-35H2,1-3H3. The maximum absolute atomic E-state index is 12.7. The number of nitrogens with zero attached hydrogens (tertiary/aromatic N) is 1. The summed E-state index contributed by atoms with van der Waals surface area (Å²) in [5.74, 6) is -0.167. The van der Waals surface area contributed by atoms with E-state index in [4.69, 9.17) is 9.47 Å². The molecule has 0 bridgehead atoms. The lowest BCUT2D eigenvalue weighted by molar-refractivity contribution is -0.150. The monoisotopic (exact) mass is 678 g/mol. The highest BCUT2D eigenvalue weighted by Gasteiger charge is 2.26. The topological polar surface area (TPSA) is 55.8 Å². The average Bonchev–Trinajstić information content (AvgIpc) is 3.03. The van der Waals surface area contributed by atoms with Gasteiger partial charge in [-0.1, -0.05) is 117 Å². The van der Waals surface area contributed by atoms with E-state index in [0.717, 1.165) is 122 Å². The Kier molecular flexibility index (Phi) is 32.3. The minimum atomic E-state index is -4.10. The van der Waals surface area contributed by atoms with Gasteiger partial charge in [0.25, 0.3) is 0 Å². The first-order valence-corrected chi connectivity index (χ1v) is 19.9. The fourth-order valence-electron chi connectivity index (χ4n) is 6.00. The number of carbonyl (C=O) groups excluding carboxylic acids is 2. The van der Waals surface area contributed by atoms with Crippen molar-refractivity contribution in [1.29, 1.82) is 0 Å². The van der Waals surface area contributed by atoms with Crippen LogP contribution in [0.15, 0.2) is 0 Å². The fourth-order valence-corrected chi connectivity index (χ4v) is 6.00. The molecule has 8 heteroatoms. The van der Waals surface area contributed by atoms with E-state index in [0.29, 0.717) is 26.0 Å². The molecule has 0 aromatic carbocycles. The molecule has 0 spiro atoms. The molecule has 0 amide bonds. The second kappa shape index (κ2) is 33.2. The zero-order valence-corrected chi connectivity index (χ0v) is 30.9.